The van der Waals surface area contributed by atoms with Gasteiger partial charge in [0.1, 0.15) is 11.3 Å². The Morgan fingerprint density at radius 3 is 2.95 bits per heavy atom. The van der Waals surface area contributed by atoms with Gasteiger partial charge in [0.25, 0.3) is 0 Å². The van der Waals surface area contributed by atoms with E-state index in [0.29, 0.717) is 0 Å². The van der Waals surface area contributed by atoms with E-state index in [1.54, 1.807) is 0 Å². The zero-order valence-electron chi connectivity index (χ0n) is 11.6. The minimum atomic E-state index is -0.0136. The lowest BCUT2D eigenvalue weighted by Gasteiger charge is -2.25. The van der Waals surface area contributed by atoms with E-state index < -0.39 is 0 Å². The molecule has 0 bridgehead atoms. The molecule has 1 aromatic carbocycles. The molecule has 1 aromatic heterocycles. The quantitative estimate of drug-likeness (QED) is 0.910. The van der Waals surface area contributed by atoms with Gasteiger partial charge in [0.2, 0.25) is 0 Å². The molecule has 0 saturated carbocycles. The van der Waals surface area contributed by atoms with Crippen molar-refractivity contribution in [3.05, 3.63) is 36.1 Å². The minimum Gasteiger partial charge on any atom is -0.459 e. The summed E-state index contributed by atoms with van der Waals surface area (Å²) in [5, 5.41) is 4.69. The normalized spacial score (nSPS) is 24.9. The standard InChI is InChI=1S/C16H21NO2/c1-12(17-11-16(2)8-5-9-18-16)15-10-13-6-3-4-7-14(13)19-15/h3-4,6-7,10,12,17H,5,8-9,11H2,1-2H3. The van der Waals surface area contributed by atoms with Crippen molar-refractivity contribution in [1.29, 1.82) is 0 Å². The van der Waals surface area contributed by atoms with E-state index >= 15 is 0 Å². The number of hydrogen-bond donors (Lipinski definition) is 1. The van der Waals surface area contributed by atoms with Gasteiger partial charge in [0, 0.05) is 18.5 Å². The SMILES string of the molecule is CC(NCC1(C)CCCO1)c1cc2ccccc2o1. The number of furan rings is 1. The first-order chi connectivity index (χ1) is 9.16. The third-order valence-electron chi connectivity index (χ3n) is 3.95. The van der Waals surface area contributed by atoms with Gasteiger partial charge in [-0.2, -0.15) is 0 Å². The van der Waals surface area contributed by atoms with E-state index in [1.807, 2.05) is 18.2 Å². The number of para-hydroxylation sites is 1. The van der Waals surface area contributed by atoms with Crippen LogP contribution in [0.5, 0.6) is 0 Å². The summed E-state index contributed by atoms with van der Waals surface area (Å²) in [6.07, 6.45) is 2.30. The topological polar surface area (TPSA) is 34.4 Å². The summed E-state index contributed by atoms with van der Waals surface area (Å²) in [6, 6.07) is 10.4. The maximum Gasteiger partial charge on any atom is 0.134 e. The first-order valence-electron chi connectivity index (χ1n) is 7.02. The summed E-state index contributed by atoms with van der Waals surface area (Å²) in [7, 11) is 0. The minimum absolute atomic E-state index is 0.0136. The number of hydrogen-bond acceptors (Lipinski definition) is 3. The van der Waals surface area contributed by atoms with Crippen LogP contribution < -0.4 is 5.32 Å². The van der Waals surface area contributed by atoms with Crippen LogP contribution in [-0.2, 0) is 4.74 Å². The molecule has 1 fully saturated rings. The summed E-state index contributed by atoms with van der Waals surface area (Å²) >= 11 is 0. The van der Waals surface area contributed by atoms with E-state index in [9.17, 15) is 0 Å². The second-order valence-corrected chi connectivity index (χ2v) is 5.69. The van der Waals surface area contributed by atoms with Crippen molar-refractivity contribution < 1.29 is 9.15 Å². The van der Waals surface area contributed by atoms with Crippen LogP contribution in [0.4, 0.5) is 0 Å². The van der Waals surface area contributed by atoms with Gasteiger partial charge in [-0.25, -0.2) is 0 Å². The van der Waals surface area contributed by atoms with Gasteiger partial charge in [-0.1, -0.05) is 18.2 Å². The molecule has 3 nitrogen and oxygen atoms in total. The lowest BCUT2D eigenvalue weighted by atomic mass is 10.0. The number of rotatable bonds is 4. The first kappa shape index (κ1) is 12.7. The molecule has 1 N–H and O–H groups in total. The highest BCUT2D eigenvalue weighted by atomic mass is 16.5. The fourth-order valence-corrected chi connectivity index (χ4v) is 2.66. The van der Waals surface area contributed by atoms with E-state index in [1.165, 1.54) is 0 Å². The number of ether oxygens (including phenoxy) is 1. The largest absolute Gasteiger partial charge is 0.459 e. The molecular weight excluding hydrogens is 238 g/mol. The highest BCUT2D eigenvalue weighted by Crippen LogP contribution is 2.27. The molecule has 19 heavy (non-hydrogen) atoms. The summed E-state index contributed by atoms with van der Waals surface area (Å²) in [6.45, 7) is 6.07. The Hall–Kier alpha value is -1.32. The Bertz CT molecular complexity index is 522. The molecule has 3 heteroatoms. The molecule has 2 aromatic rings. The van der Waals surface area contributed by atoms with Gasteiger partial charge in [-0.05, 0) is 38.8 Å². The Morgan fingerprint density at radius 1 is 1.37 bits per heavy atom. The molecule has 2 unspecified atom stereocenters. The highest BCUT2D eigenvalue weighted by molar-refractivity contribution is 5.77. The summed E-state index contributed by atoms with van der Waals surface area (Å²) in [5.74, 6) is 0.989. The Kier molecular flexibility index (Phi) is 3.33. The summed E-state index contributed by atoms with van der Waals surface area (Å²) in [5.41, 5.74) is 0.940. The average molecular weight is 259 g/mol. The van der Waals surface area contributed by atoms with Crippen LogP contribution in [0.1, 0.15) is 38.5 Å². The van der Waals surface area contributed by atoms with Crippen molar-refractivity contribution in [1.82, 2.24) is 5.32 Å². The van der Waals surface area contributed by atoms with Crippen LogP contribution in [-0.4, -0.2) is 18.8 Å². The molecule has 0 aliphatic carbocycles. The molecule has 3 rings (SSSR count). The van der Waals surface area contributed by atoms with Crippen LogP contribution in [0.15, 0.2) is 34.7 Å². The average Bonchev–Trinajstić information content (AvgIpc) is 3.02. The number of benzene rings is 1. The molecular formula is C16H21NO2. The lowest BCUT2D eigenvalue weighted by molar-refractivity contribution is 0.0187. The predicted molar refractivity (Wildman–Crippen MR) is 76.2 cm³/mol. The molecule has 1 aliphatic heterocycles. The zero-order chi connectivity index (χ0) is 13.3. The maximum atomic E-state index is 5.87. The van der Waals surface area contributed by atoms with Gasteiger partial charge < -0.3 is 14.5 Å². The van der Waals surface area contributed by atoms with E-state index in [2.05, 4.69) is 31.3 Å². The monoisotopic (exact) mass is 259 g/mol. The van der Waals surface area contributed by atoms with E-state index in [0.717, 1.165) is 42.7 Å². The molecule has 0 radical (unpaired) electrons. The van der Waals surface area contributed by atoms with Crippen LogP contribution in [0.2, 0.25) is 0 Å². The first-order valence-corrected chi connectivity index (χ1v) is 7.02. The molecule has 2 atom stereocenters. The highest BCUT2D eigenvalue weighted by Gasteiger charge is 2.30. The predicted octanol–water partition coefficient (Wildman–Crippen LogP) is 3.65. The third-order valence-corrected chi connectivity index (χ3v) is 3.95. The molecule has 2 heterocycles. The van der Waals surface area contributed by atoms with Crippen molar-refractivity contribution in [2.24, 2.45) is 0 Å². The van der Waals surface area contributed by atoms with Gasteiger partial charge >= 0.3 is 0 Å². The smallest absolute Gasteiger partial charge is 0.134 e. The second-order valence-electron chi connectivity index (χ2n) is 5.69. The lowest BCUT2D eigenvalue weighted by Crippen LogP contribution is -2.38. The Balaban J connectivity index is 1.68. The molecule has 1 aliphatic rings. The van der Waals surface area contributed by atoms with Crippen LogP contribution in [0.25, 0.3) is 11.0 Å². The molecule has 102 valence electrons. The zero-order valence-corrected chi connectivity index (χ0v) is 11.6. The fourth-order valence-electron chi connectivity index (χ4n) is 2.66. The van der Waals surface area contributed by atoms with Crippen molar-refractivity contribution in [3.8, 4) is 0 Å². The van der Waals surface area contributed by atoms with Gasteiger partial charge in [-0.15, -0.1) is 0 Å². The maximum absolute atomic E-state index is 5.87. The summed E-state index contributed by atoms with van der Waals surface area (Å²) < 4.78 is 11.7. The third kappa shape index (κ3) is 2.67. The van der Waals surface area contributed by atoms with Gasteiger partial charge in [0.05, 0.1) is 11.6 Å². The van der Waals surface area contributed by atoms with E-state index in [4.69, 9.17) is 9.15 Å². The van der Waals surface area contributed by atoms with Crippen LogP contribution >= 0.6 is 0 Å². The van der Waals surface area contributed by atoms with Crippen molar-refractivity contribution in [2.45, 2.75) is 38.3 Å². The number of fused-ring (bicyclic) bond motifs is 1. The Morgan fingerprint density at radius 2 is 2.21 bits per heavy atom. The molecule has 0 amide bonds. The van der Waals surface area contributed by atoms with Crippen molar-refractivity contribution in [2.75, 3.05) is 13.2 Å². The van der Waals surface area contributed by atoms with Crippen LogP contribution in [0.3, 0.4) is 0 Å². The fraction of sp³-hybridized carbons (Fsp3) is 0.500. The van der Waals surface area contributed by atoms with Gasteiger partial charge in [-0.3, -0.25) is 0 Å². The van der Waals surface area contributed by atoms with E-state index in [-0.39, 0.29) is 11.6 Å². The van der Waals surface area contributed by atoms with Crippen LogP contribution in [0, 0.1) is 0 Å². The van der Waals surface area contributed by atoms with Crippen molar-refractivity contribution >= 4 is 11.0 Å². The molecule has 0 spiro atoms. The molecule has 1 saturated heterocycles. The number of nitrogens with one attached hydrogen (secondary N) is 1. The summed E-state index contributed by atoms with van der Waals surface area (Å²) in [4.78, 5) is 0. The van der Waals surface area contributed by atoms with Gasteiger partial charge in [0.15, 0.2) is 0 Å². The Labute approximate surface area is 113 Å². The van der Waals surface area contributed by atoms with Crippen molar-refractivity contribution in [3.63, 3.8) is 0 Å². The second kappa shape index (κ2) is 4.99.